The summed E-state index contributed by atoms with van der Waals surface area (Å²) < 4.78 is 2.02. The van der Waals surface area contributed by atoms with Crippen molar-refractivity contribution in [1.82, 2.24) is 14.9 Å². The molecular weight excluding hydrogens is 278 g/mol. The van der Waals surface area contributed by atoms with E-state index in [4.69, 9.17) is 0 Å². The minimum absolute atomic E-state index is 0.106. The summed E-state index contributed by atoms with van der Waals surface area (Å²) in [7, 11) is 1.97. The molecule has 0 radical (unpaired) electrons. The molecule has 1 amide bonds. The molecule has 5 nitrogen and oxygen atoms in total. The van der Waals surface area contributed by atoms with Gasteiger partial charge >= 0.3 is 0 Å². The molecule has 0 atom stereocenters. The van der Waals surface area contributed by atoms with Gasteiger partial charge in [0.1, 0.15) is 5.75 Å². The molecule has 0 spiro atoms. The number of hydrogen-bond donors (Lipinski definition) is 2. The Morgan fingerprint density at radius 1 is 1.27 bits per heavy atom. The molecule has 0 fully saturated rings. The summed E-state index contributed by atoms with van der Waals surface area (Å²) in [4.78, 5) is 15.9. The van der Waals surface area contributed by atoms with E-state index in [2.05, 4.69) is 10.3 Å². The third-order valence-electron chi connectivity index (χ3n) is 3.68. The molecule has 2 N–H and O–H groups in total. The number of carbonyl (C=O) groups is 1. The predicted octanol–water partition coefficient (Wildman–Crippen LogP) is 2.25. The van der Waals surface area contributed by atoms with Gasteiger partial charge in [-0.15, -0.1) is 0 Å². The molecule has 0 bridgehead atoms. The second-order valence-electron chi connectivity index (χ2n) is 5.21. The van der Waals surface area contributed by atoms with Crippen LogP contribution in [0.3, 0.4) is 0 Å². The van der Waals surface area contributed by atoms with E-state index in [1.165, 1.54) is 0 Å². The third-order valence-corrected chi connectivity index (χ3v) is 3.68. The fourth-order valence-electron chi connectivity index (χ4n) is 2.58. The van der Waals surface area contributed by atoms with Crippen LogP contribution in [0.25, 0.3) is 10.9 Å². The summed E-state index contributed by atoms with van der Waals surface area (Å²) in [6, 6.07) is 8.70. The number of aromatic nitrogens is 2. The first kappa shape index (κ1) is 14.1. The topological polar surface area (TPSA) is 67.2 Å². The second kappa shape index (κ2) is 5.89. The maximum absolute atomic E-state index is 12.0. The Balaban J connectivity index is 1.70. The van der Waals surface area contributed by atoms with Crippen LogP contribution >= 0.6 is 0 Å². The minimum Gasteiger partial charge on any atom is -0.508 e. The molecule has 5 heteroatoms. The van der Waals surface area contributed by atoms with E-state index in [1.807, 2.05) is 23.9 Å². The van der Waals surface area contributed by atoms with Crippen molar-refractivity contribution < 1.29 is 9.90 Å². The van der Waals surface area contributed by atoms with Crippen LogP contribution in [0.4, 0.5) is 0 Å². The molecule has 0 aliphatic rings. The number of aromatic hydroxyl groups is 1. The van der Waals surface area contributed by atoms with Crippen molar-refractivity contribution in [2.45, 2.75) is 6.42 Å². The van der Waals surface area contributed by atoms with Gasteiger partial charge in [-0.1, -0.05) is 0 Å². The quantitative estimate of drug-likeness (QED) is 0.776. The summed E-state index contributed by atoms with van der Waals surface area (Å²) in [5.74, 6) is 0.145. The third kappa shape index (κ3) is 2.79. The van der Waals surface area contributed by atoms with Gasteiger partial charge in [0.25, 0.3) is 5.91 Å². The average Bonchev–Trinajstić information content (AvgIpc) is 2.84. The van der Waals surface area contributed by atoms with Crippen molar-refractivity contribution in [2.24, 2.45) is 7.05 Å². The number of hydrogen-bond acceptors (Lipinski definition) is 3. The standard InChI is InChI=1S/C17H17N3O2/c1-20-11-13(15-10-14(21)2-3-16(15)20)6-9-19-17(22)12-4-7-18-8-5-12/h2-5,7-8,10-11,21H,6,9H2,1H3,(H,19,22). The Kier molecular flexibility index (Phi) is 3.78. The fourth-order valence-corrected chi connectivity index (χ4v) is 2.58. The van der Waals surface area contributed by atoms with Gasteiger partial charge in [-0.2, -0.15) is 0 Å². The summed E-state index contributed by atoms with van der Waals surface area (Å²) in [6.07, 6.45) is 5.94. The number of fused-ring (bicyclic) bond motifs is 1. The van der Waals surface area contributed by atoms with Crippen LogP contribution in [0, 0.1) is 0 Å². The second-order valence-corrected chi connectivity index (χ2v) is 5.21. The number of nitrogens with one attached hydrogen (secondary N) is 1. The van der Waals surface area contributed by atoms with Crippen molar-refractivity contribution in [2.75, 3.05) is 6.54 Å². The van der Waals surface area contributed by atoms with Gasteiger partial charge in [-0.3, -0.25) is 9.78 Å². The summed E-state index contributed by atoms with van der Waals surface area (Å²) in [5.41, 5.74) is 2.77. The molecule has 112 valence electrons. The van der Waals surface area contributed by atoms with Crippen molar-refractivity contribution in [3.05, 3.63) is 60.0 Å². The maximum Gasteiger partial charge on any atom is 0.251 e. The maximum atomic E-state index is 12.0. The molecule has 0 saturated carbocycles. The van der Waals surface area contributed by atoms with Crippen LogP contribution < -0.4 is 5.32 Å². The van der Waals surface area contributed by atoms with Crippen molar-refractivity contribution in [3.63, 3.8) is 0 Å². The van der Waals surface area contributed by atoms with Gasteiger partial charge in [0.2, 0.25) is 0 Å². The number of rotatable bonds is 4. The Labute approximate surface area is 128 Å². The van der Waals surface area contributed by atoms with Crippen LogP contribution in [0.15, 0.2) is 48.9 Å². The highest BCUT2D eigenvalue weighted by atomic mass is 16.3. The lowest BCUT2D eigenvalue weighted by molar-refractivity contribution is 0.0954. The zero-order valence-corrected chi connectivity index (χ0v) is 12.3. The molecule has 22 heavy (non-hydrogen) atoms. The molecule has 0 aliphatic carbocycles. The van der Waals surface area contributed by atoms with Crippen molar-refractivity contribution in [1.29, 1.82) is 0 Å². The first-order valence-electron chi connectivity index (χ1n) is 7.10. The van der Waals surface area contributed by atoms with Gasteiger partial charge in [-0.05, 0) is 42.3 Å². The number of phenolic OH excluding ortho intramolecular Hbond substituents is 1. The highest BCUT2D eigenvalue weighted by Gasteiger charge is 2.09. The van der Waals surface area contributed by atoms with Crippen molar-refractivity contribution in [3.8, 4) is 5.75 Å². The first-order valence-corrected chi connectivity index (χ1v) is 7.10. The van der Waals surface area contributed by atoms with Crippen LogP contribution in [0.1, 0.15) is 15.9 Å². The zero-order valence-electron chi connectivity index (χ0n) is 12.3. The summed E-state index contributed by atoms with van der Waals surface area (Å²) in [6.45, 7) is 0.538. The molecule has 2 aromatic heterocycles. The van der Waals surface area contributed by atoms with Crippen LogP contribution in [-0.2, 0) is 13.5 Å². The van der Waals surface area contributed by atoms with E-state index in [1.54, 1.807) is 36.7 Å². The number of amides is 1. The molecule has 0 unspecified atom stereocenters. The normalized spacial score (nSPS) is 10.8. The SMILES string of the molecule is Cn1cc(CCNC(=O)c2ccncc2)c2cc(O)ccc21. The molecule has 2 heterocycles. The lowest BCUT2D eigenvalue weighted by atomic mass is 10.1. The van der Waals surface area contributed by atoms with Crippen LogP contribution in [-0.4, -0.2) is 27.1 Å². The van der Waals surface area contributed by atoms with Gasteiger partial charge in [0.15, 0.2) is 0 Å². The van der Waals surface area contributed by atoms with Crippen molar-refractivity contribution >= 4 is 16.8 Å². The Morgan fingerprint density at radius 2 is 2.05 bits per heavy atom. The highest BCUT2D eigenvalue weighted by molar-refractivity contribution is 5.94. The van der Waals surface area contributed by atoms with E-state index < -0.39 is 0 Å². The lowest BCUT2D eigenvalue weighted by Crippen LogP contribution is -2.25. The fraction of sp³-hybridized carbons (Fsp3) is 0.176. The molecule has 3 rings (SSSR count). The zero-order chi connectivity index (χ0) is 15.5. The first-order chi connectivity index (χ1) is 10.6. The van der Waals surface area contributed by atoms with E-state index in [-0.39, 0.29) is 11.7 Å². The average molecular weight is 295 g/mol. The van der Waals surface area contributed by atoms with E-state index >= 15 is 0 Å². The number of pyridine rings is 1. The highest BCUT2D eigenvalue weighted by Crippen LogP contribution is 2.24. The number of benzene rings is 1. The van der Waals surface area contributed by atoms with E-state index in [0.717, 1.165) is 16.5 Å². The minimum atomic E-state index is -0.106. The van der Waals surface area contributed by atoms with Gasteiger partial charge in [0, 0.05) is 48.6 Å². The Morgan fingerprint density at radius 3 is 2.82 bits per heavy atom. The molecule has 0 aliphatic heterocycles. The number of phenols is 1. The predicted molar refractivity (Wildman–Crippen MR) is 84.9 cm³/mol. The smallest absolute Gasteiger partial charge is 0.251 e. The molecule has 3 aromatic rings. The van der Waals surface area contributed by atoms with Gasteiger partial charge in [-0.25, -0.2) is 0 Å². The largest absolute Gasteiger partial charge is 0.508 e. The lowest BCUT2D eigenvalue weighted by Gasteiger charge is -2.04. The Bertz CT molecular complexity index is 809. The molecule has 0 saturated heterocycles. The number of aryl methyl sites for hydroxylation is 1. The van der Waals surface area contributed by atoms with Crippen LogP contribution in [0.2, 0.25) is 0 Å². The monoisotopic (exact) mass is 295 g/mol. The van der Waals surface area contributed by atoms with Gasteiger partial charge < -0.3 is 15.0 Å². The van der Waals surface area contributed by atoms with Gasteiger partial charge in [0.05, 0.1) is 0 Å². The number of nitrogens with zero attached hydrogens (tertiary/aromatic N) is 2. The summed E-state index contributed by atoms with van der Waals surface area (Å²) >= 11 is 0. The van der Waals surface area contributed by atoms with Crippen LogP contribution in [0.5, 0.6) is 5.75 Å². The summed E-state index contributed by atoms with van der Waals surface area (Å²) in [5, 5.41) is 13.6. The van der Waals surface area contributed by atoms with E-state index in [9.17, 15) is 9.90 Å². The van der Waals surface area contributed by atoms with E-state index in [0.29, 0.717) is 18.5 Å². The number of carbonyl (C=O) groups excluding carboxylic acids is 1. The molecular formula is C17H17N3O2. The Hall–Kier alpha value is -2.82. The molecule has 1 aromatic carbocycles.